The number of hydrogen-bond donors (Lipinski definition) is 4. The van der Waals surface area contributed by atoms with Gasteiger partial charge in [-0.3, -0.25) is 9.35 Å². The zero-order valence-electron chi connectivity index (χ0n) is 21.1. The van der Waals surface area contributed by atoms with Crippen molar-refractivity contribution in [3.63, 3.8) is 0 Å². The fourth-order valence-corrected chi connectivity index (χ4v) is 9.50. The molecule has 0 saturated heterocycles. The Balaban J connectivity index is 1.39. The van der Waals surface area contributed by atoms with Crippen LogP contribution in [0.1, 0.15) is 85.0 Å². The molecule has 0 aromatic carbocycles. The molecule has 196 valence electrons. The summed E-state index contributed by atoms with van der Waals surface area (Å²) in [6.45, 7) is 7.05. The Morgan fingerprint density at radius 3 is 2.41 bits per heavy atom. The van der Waals surface area contributed by atoms with Crippen molar-refractivity contribution in [3.8, 4) is 0 Å². The Morgan fingerprint density at radius 2 is 1.71 bits per heavy atom. The van der Waals surface area contributed by atoms with Gasteiger partial charge in [-0.05, 0) is 104 Å². The molecule has 10 atom stereocenters. The van der Waals surface area contributed by atoms with E-state index in [-0.39, 0.29) is 35.5 Å². The van der Waals surface area contributed by atoms with Crippen LogP contribution in [0.4, 0.5) is 0 Å². The van der Waals surface area contributed by atoms with Crippen LogP contribution in [0.2, 0.25) is 0 Å². The molecule has 1 amide bonds. The van der Waals surface area contributed by atoms with Gasteiger partial charge in [0.1, 0.15) is 0 Å². The second-order valence-corrected chi connectivity index (χ2v) is 14.2. The maximum atomic E-state index is 12.2. The Morgan fingerprint density at radius 1 is 1.03 bits per heavy atom. The average Bonchev–Trinajstić information content (AvgIpc) is 3.09. The summed E-state index contributed by atoms with van der Waals surface area (Å²) in [5, 5.41) is 24.2. The minimum absolute atomic E-state index is 0.0625. The highest BCUT2D eigenvalue weighted by Crippen LogP contribution is 2.68. The van der Waals surface area contributed by atoms with Gasteiger partial charge in [0.15, 0.2) is 0 Å². The summed E-state index contributed by atoms with van der Waals surface area (Å²) in [5.74, 6) is 2.10. The third-order valence-corrected chi connectivity index (χ3v) is 11.6. The molecule has 0 heterocycles. The normalized spacial score (nSPS) is 45.1. The second-order valence-electron chi connectivity index (χ2n) is 12.6. The van der Waals surface area contributed by atoms with Crippen LogP contribution in [0.15, 0.2) is 0 Å². The number of amides is 1. The second kappa shape index (κ2) is 9.64. The molecule has 4 aliphatic carbocycles. The summed E-state index contributed by atoms with van der Waals surface area (Å²) in [4.78, 5) is 12.2. The van der Waals surface area contributed by atoms with Gasteiger partial charge in [0.05, 0.1) is 18.0 Å². The molecule has 0 aromatic heterocycles. The molecule has 4 rings (SSSR count). The zero-order chi connectivity index (χ0) is 24.9. The average molecular weight is 500 g/mol. The van der Waals surface area contributed by atoms with Gasteiger partial charge in [-0.2, -0.15) is 8.42 Å². The number of aliphatic hydroxyl groups excluding tert-OH is 2. The van der Waals surface area contributed by atoms with E-state index in [4.69, 9.17) is 4.55 Å². The zero-order valence-corrected chi connectivity index (χ0v) is 21.9. The van der Waals surface area contributed by atoms with Gasteiger partial charge in [-0.15, -0.1) is 0 Å². The smallest absolute Gasteiger partial charge is 0.266 e. The van der Waals surface area contributed by atoms with Gasteiger partial charge in [-0.25, -0.2) is 0 Å². The van der Waals surface area contributed by atoms with Crippen LogP contribution in [-0.2, 0) is 14.9 Å². The van der Waals surface area contributed by atoms with Crippen molar-refractivity contribution in [2.24, 2.45) is 46.3 Å². The number of rotatable bonds is 7. The van der Waals surface area contributed by atoms with E-state index in [1.165, 1.54) is 6.42 Å². The molecule has 34 heavy (non-hydrogen) atoms. The lowest BCUT2D eigenvalue weighted by Crippen LogP contribution is -2.58. The van der Waals surface area contributed by atoms with E-state index < -0.39 is 15.9 Å². The number of aliphatic hydroxyl groups is 2. The Bertz CT molecular complexity index is 863. The van der Waals surface area contributed by atoms with Gasteiger partial charge in [0.25, 0.3) is 10.1 Å². The molecule has 0 aromatic rings. The summed E-state index contributed by atoms with van der Waals surface area (Å²) in [6, 6.07) is 0. The number of fused-ring (bicyclic) bond motifs is 5. The van der Waals surface area contributed by atoms with Crippen molar-refractivity contribution in [1.82, 2.24) is 5.32 Å². The molecular formula is C26H45NO6S. The van der Waals surface area contributed by atoms with Crippen LogP contribution in [0.5, 0.6) is 0 Å². The molecule has 0 radical (unpaired) electrons. The topological polar surface area (TPSA) is 124 Å². The summed E-state index contributed by atoms with van der Waals surface area (Å²) in [7, 11) is -4.06. The first-order valence-corrected chi connectivity index (χ1v) is 15.0. The molecule has 4 N–H and O–H groups in total. The van der Waals surface area contributed by atoms with E-state index in [9.17, 15) is 23.4 Å². The van der Waals surface area contributed by atoms with Crippen LogP contribution >= 0.6 is 0 Å². The highest BCUT2D eigenvalue weighted by Gasteiger charge is 2.62. The van der Waals surface area contributed by atoms with E-state index in [0.29, 0.717) is 41.9 Å². The lowest BCUT2D eigenvalue weighted by Gasteiger charge is -2.62. The van der Waals surface area contributed by atoms with Crippen LogP contribution in [0.25, 0.3) is 0 Å². The number of carbonyl (C=O) groups is 1. The lowest BCUT2D eigenvalue weighted by molar-refractivity contribution is -0.174. The molecule has 0 spiro atoms. The first-order valence-electron chi connectivity index (χ1n) is 13.4. The van der Waals surface area contributed by atoms with Crippen LogP contribution in [0.3, 0.4) is 0 Å². The number of nitrogens with one attached hydrogen (secondary N) is 1. The summed E-state index contributed by atoms with van der Waals surface area (Å²) < 4.78 is 30.5. The van der Waals surface area contributed by atoms with Gasteiger partial charge >= 0.3 is 0 Å². The standard InChI is InChI=1S/C26H45NO6S/c1-16(4-7-23(30)27-12-13-34(31,32)33)19-5-6-20-24-21(9-11-26(19,20)3)25(2)10-8-18(28)14-17(25)15-22(24)29/h16-22,24,28-29H,4-15H2,1-3H3,(H,27,30)(H,31,32,33)/t16-,17?,18-,19-,20?,21-,22-,24-,25+,26-/m1/s1. The molecule has 7 nitrogen and oxygen atoms in total. The largest absolute Gasteiger partial charge is 0.393 e. The number of hydrogen-bond acceptors (Lipinski definition) is 5. The van der Waals surface area contributed by atoms with Gasteiger partial charge in [0.2, 0.25) is 5.91 Å². The minimum atomic E-state index is -4.06. The highest BCUT2D eigenvalue weighted by molar-refractivity contribution is 7.85. The number of carbonyl (C=O) groups excluding carboxylic acids is 1. The minimum Gasteiger partial charge on any atom is -0.393 e. The van der Waals surface area contributed by atoms with E-state index in [0.717, 1.165) is 51.4 Å². The fraction of sp³-hybridized carbons (Fsp3) is 0.962. The Hall–Kier alpha value is -0.700. The predicted molar refractivity (Wildman–Crippen MR) is 130 cm³/mol. The molecule has 0 aliphatic heterocycles. The molecule has 2 unspecified atom stereocenters. The quantitative estimate of drug-likeness (QED) is 0.398. The molecular weight excluding hydrogens is 454 g/mol. The third kappa shape index (κ3) is 4.94. The Kier molecular flexibility index (Phi) is 7.47. The summed E-state index contributed by atoms with van der Waals surface area (Å²) >= 11 is 0. The molecule has 4 saturated carbocycles. The van der Waals surface area contributed by atoms with Crippen molar-refractivity contribution in [3.05, 3.63) is 0 Å². The lowest BCUT2D eigenvalue weighted by atomic mass is 9.43. The summed E-state index contributed by atoms with van der Waals surface area (Å²) in [6.07, 6.45) is 8.87. The Labute approximate surface area is 205 Å². The maximum Gasteiger partial charge on any atom is 0.266 e. The van der Waals surface area contributed by atoms with E-state index in [2.05, 4.69) is 26.1 Å². The molecule has 8 heteroatoms. The van der Waals surface area contributed by atoms with Gasteiger partial charge in [0, 0.05) is 13.0 Å². The third-order valence-electron chi connectivity index (χ3n) is 10.9. The van der Waals surface area contributed by atoms with Crippen molar-refractivity contribution in [1.29, 1.82) is 0 Å². The predicted octanol–water partition coefficient (Wildman–Crippen LogP) is 3.40. The van der Waals surface area contributed by atoms with Gasteiger partial charge in [-0.1, -0.05) is 20.8 Å². The highest BCUT2D eigenvalue weighted by atomic mass is 32.2. The SMILES string of the molecule is C[C@H](CCC(=O)NCCS(=O)(=O)O)[C@H]1CCC2[C@H]3[C@H](O)CC4C[C@H](O)CC[C@]4(C)[C@@H]3CC[C@@]21C. The van der Waals surface area contributed by atoms with E-state index >= 15 is 0 Å². The monoisotopic (exact) mass is 499 g/mol. The molecule has 0 bridgehead atoms. The van der Waals surface area contributed by atoms with Gasteiger partial charge < -0.3 is 15.5 Å². The van der Waals surface area contributed by atoms with Crippen LogP contribution < -0.4 is 5.32 Å². The van der Waals surface area contributed by atoms with Crippen LogP contribution in [0, 0.1) is 46.3 Å². The van der Waals surface area contributed by atoms with Crippen molar-refractivity contribution in [2.75, 3.05) is 12.3 Å². The van der Waals surface area contributed by atoms with E-state index in [1.54, 1.807) is 0 Å². The summed E-state index contributed by atoms with van der Waals surface area (Å²) in [5.41, 5.74) is 0.411. The maximum absolute atomic E-state index is 12.2. The molecule has 4 fully saturated rings. The van der Waals surface area contributed by atoms with E-state index in [1.807, 2.05) is 0 Å². The molecule has 4 aliphatic rings. The van der Waals surface area contributed by atoms with Crippen molar-refractivity contribution < 1.29 is 28.0 Å². The van der Waals surface area contributed by atoms with Crippen molar-refractivity contribution >= 4 is 16.0 Å². The fourth-order valence-electron chi connectivity index (χ4n) is 9.14. The first kappa shape index (κ1) is 26.4. The van der Waals surface area contributed by atoms with Crippen LogP contribution in [-0.4, -0.2) is 53.6 Å². The van der Waals surface area contributed by atoms with Crippen molar-refractivity contribution in [2.45, 2.75) is 97.2 Å². The first-order chi connectivity index (χ1) is 15.8.